The van der Waals surface area contributed by atoms with Crippen LogP contribution in [0, 0.1) is 13.8 Å². The Balaban J connectivity index is 0.000000229. The summed E-state index contributed by atoms with van der Waals surface area (Å²) in [4.78, 5) is 82.5. The number of aromatic nitrogens is 6. The van der Waals surface area contributed by atoms with Gasteiger partial charge < -0.3 is 44.7 Å². The molecule has 4 aromatic carbocycles. The van der Waals surface area contributed by atoms with Crippen molar-refractivity contribution in [1.29, 1.82) is 0 Å². The van der Waals surface area contributed by atoms with Crippen LogP contribution in [0.15, 0.2) is 110 Å². The molecule has 2 aliphatic rings. The van der Waals surface area contributed by atoms with E-state index in [0.29, 0.717) is 60.5 Å². The maximum Gasteiger partial charge on any atom is 0.416 e. The molecule has 9 rings (SSSR count). The second-order valence-electron chi connectivity index (χ2n) is 26.6. The number of hydrogen-bond donors (Lipinski definition) is 5. The number of amides is 4. The molecule has 5 heterocycles. The van der Waals surface area contributed by atoms with Gasteiger partial charge in [0.15, 0.2) is 11.6 Å². The van der Waals surface area contributed by atoms with Crippen LogP contribution in [-0.4, -0.2) is 164 Å². The minimum absolute atomic E-state index is 0.0222. The van der Waals surface area contributed by atoms with Crippen molar-refractivity contribution in [2.24, 2.45) is 0 Å². The van der Waals surface area contributed by atoms with E-state index in [2.05, 4.69) is 61.0 Å². The number of hydrogen-bond acceptors (Lipinski definition) is 20. The number of anilines is 5. The summed E-state index contributed by atoms with van der Waals surface area (Å²) in [6.07, 6.45) is 5.34. The first kappa shape index (κ1) is 81.7. The largest absolute Gasteiger partial charge is 0.444 e. The first-order valence-electron chi connectivity index (χ1n) is 33.4. The predicted octanol–water partition coefficient (Wildman–Crippen LogP) is 14.5. The minimum Gasteiger partial charge on any atom is -0.444 e. The number of carbonyl (C=O) groups is 4. The van der Waals surface area contributed by atoms with E-state index in [1.807, 2.05) is 49.9 Å². The van der Waals surface area contributed by atoms with Crippen LogP contribution in [-0.2, 0) is 54.7 Å². The van der Waals surface area contributed by atoms with E-state index >= 15 is 0 Å². The van der Waals surface area contributed by atoms with Crippen molar-refractivity contribution >= 4 is 84.7 Å². The standard InChI is InChI=1S/C32H37F3N6O3.C27H29F3N6O.C14H24N3O5P/c1-21-6-10-25(16-22(21)9-11-26-18-37-28(19-36-26)39-30(43)44-31(2,3)4)38-29(42)23-7-8-24(27(17-23)32(33,34)35)20-41-14-12-40(5)13-15-41;1-18-3-7-22(13-19(18)6-8-23-15-33-25(31)16-32-23)34-26(37)20-4-5-21(24(14-20)27(28,29)30)17-36-11-9-35(2)10-12-36;1-6-20-23(19,21-7-2)10-11-8-16-12(9-15-11)17-13(18)22-14(3,4)5/h6-11,16-19H,12-15,20H2,1-5H3,(H,38,42)(H,37,39,43);3-8,13-16H,9-12,17H2,1-2H3,(H2,31,33)(H,34,37);8-9H,6-7,10H2,1-5H3,(H,16,17,18)/b11-9+;8-6+;. The number of nitrogen functional groups attached to an aromatic ring is 1. The first-order chi connectivity index (χ1) is 48.9. The van der Waals surface area contributed by atoms with Gasteiger partial charge in [0.1, 0.15) is 17.0 Å². The van der Waals surface area contributed by atoms with Crippen molar-refractivity contribution < 1.29 is 68.6 Å². The third-order valence-electron chi connectivity index (χ3n) is 15.6. The first-order valence-corrected chi connectivity index (χ1v) is 35.2. The fraction of sp³-hybridized carbons (Fsp3) is 0.397. The van der Waals surface area contributed by atoms with E-state index in [1.54, 1.807) is 110 Å². The summed E-state index contributed by atoms with van der Waals surface area (Å²) < 4.78 is 117. The summed E-state index contributed by atoms with van der Waals surface area (Å²) in [5.41, 5.74) is 8.83. The van der Waals surface area contributed by atoms with E-state index < -0.39 is 66.3 Å². The van der Waals surface area contributed by atoms with Crippen LogP contribution in [0.4, 0.5) is 64.8 Å². The number of likely N-dealkylation sites (N-methyl/N-ethyl adjacent to an activating group) is 2. The maximum atomic E-state index is 14.0. The SMILES string of the molecule is CCOP(=O)(Cc1cnc(NC(=O)OC(C)(C)C)cn1)OCC.Cc1ccc(NC(=O)c2ccc(CN3CCN(C)CC3)c(C(F)(F)F)c2)cc1/C=C/c1cnc(N)cn1.Cc1ccc(NC(=O)c2ccc(CN3CCN(C)CC3)c(C(F)(F)F)c2)cc1/C=C/c1cnc(NC(=O)OC(C)(C)C)cn1. The molecule has 0 spiro atoms. The molecule has 0 saturated carbocycles. The number of nitrogens with two attached hydrogens (primary N) is 1. The number of halogens is 6. The molecular formula is C73H90F6N15O9P. The summed E-state index contributed by atoms with van der Waals surface area (Å²) in [6, 6.07) is 18.1. The van der Waals surface area contributed by atoms with Gasteiger partial charge in [-0.2, -0.15) is 26.3 Å². The van der Waals surface area contributed by atoms with Crippen molar-refractivity contribution in [3.8, 4) is 0 Å². The fourth-order valence-electron chi connectivity index (χ4n) is 10.2. The lowest BCUT2D eigenvalue weighted by molar-refractivity contribution is -0.139. The van der Waals surface area contributed by atoms with Crippen molar-refractivity contribution in [3.05, 3.63) is 183 Å². The number of benzene rings is 4. The molecule has 2 aliphatic heterocycles. The van der Waals surface area contributed by atoms with Gasteiger partial charge in [0.25, 0.3) is 11.8 Å². The van der Waals surface area contributed by atoms with Gasteiger partial charge in [-0.1, -0.05) is 36.4 Å². The Morgan fingerprint density at radius 3 is 1.27 bits per heavy atom. The highest BCUT2D eigenvalue weighted by molar-refractivity contribution is 7.53. The van der Waals surface area contributed by atoms with Gasteiger partial charge in [-0.25, -0.2) is 24.5 Å². The molecule has 558 valence electrons. The minimum atomic E-state index is -4.59. The number of rotatable bonds is 20. The smallest absolute Gasteiger partial charge is 0.416 e. The van der Waals surface area contributed by atoms with Crippen LogP contribution in [0.25, 0.3) is 24.3 Å². The average molecular weight is 1470 g/mol. The molecule has 2 saturated heterocycles. The Kier molecular flexibility index (Phi) is 28.9. The van der Waals surface area contributed by atoms with E-state index in [4.69, 9.17) is 24.3 Å². The van der Waals surface area contributed by atoms with E-state index in [-0.39, 0.29) is 66.4 Å². The van der Waals surface area contributed by atoms with Gasteiger partial charge >= 0.3 is 32.1 Å². The number of ether oxygens (including phenoxy) is 2. The number of nitrogens with zero attached hydrogens (tertiary/aromatic N) is 10. The molecule has 104 heavy (non-hydrogen) atoms. The van der Waals surface area contributed by atoms with E-state index in [9.17, 15) is 50.1 Å². The van der Waals surface area contributed by atoms with Crippen molar-refractivity contribution in [2.45, 2.75) is 112 Å². The highest BCUT2D eigenvalue weighted by Gasteiger charge is 2.37. The average Bonchev–Trinajstić information content (AvgIpc) is 0.806. The van der Waals surface area contributed by atoms with Crippen LogP contribution in [0.3, 0.4) is 0 Å². The number of alkyl halides is 6. The molecule has 0 atom stereocenters. The summed E-state index contributed by atoms with van der Waals surface area (Å²) in [6.45, 7) is 24.7. The molecular weight excluding hydrogens is 1380 g/mol. The zero-order valence-electron chi connectivity index (χ0n) is 60.3. The third kappa shape index (κ3) is 26.9. The van der Waals surface area contributed by atoms with Crippen molar-refractivity contribution in [3.63, 3.8) is 0 Å². The van der Waals surface area contributed by atoms with E-state index in [1.165, 1.54) is 55.2 Å². The highest BCUT2D eigenvalue weighted by Crippen LogP contribution is 2.51. The molecule has 0 aliphatic carbocycles. The van der Waals surface area contributed by atoms with Crippen molar-refractivity contribution in [1.82, 2.24) is 49.5 Å². The zero-order chi connectivity index (χ0) is 76.2. The molecule has 3 aromatic heterocycles. The molecule has 0 radical (unpaired) electrons. The van der Waals surface area contributed by atoms with Gasteiger partial charge in [-0.15, -0.1) is 0 Å². The van der Waals surface area contributed by atoms with Gasteiger partial charge in [0.2, 0.25) is 0 Å². The van der Waals surface area contributed by atoms with E-state index in [0.717, 1.165) is 60.6 Å². The fourth-order valence-corrected chi connectivity index (χ4v) is 11.8. The lowest BCUT2D eigenvalue weighted by Crippen LogP contribution is -2.44. The molecule has 2 fully saturated rings. The lowest BCUT2D eigenvalue weighted by Gasteiger charge is -2.33. The Hall–Kier alpha value is -9.55. The monoisotopic (exact) mass is 1470 g/mol. The second kappa shape index (κ2) is 36.7. The number of nitrogens with one attached hydrogen (secondary N) is 4. The Bertz CT molecular complexity index is 4150. The van der Waals surface area contributed by atoms with Gasteiger partial charge in [-0.05, 0) is 177 Å². The summed E-state index contributed by atoms with van der Waals surface area (Å²) >= 11 is 0. The van der Waals surface area contributed by atoms with Crippen LogP contribution in [0.2, 0.25) is 0 Å². The lowest BCUT2D eigenvalue weighted by atomic mass is 10.0. The Labute approximate surface area is 601 Å². The third-order valence-corrected chi connectivity index (χ3v) is 17.6. The zero-order valence-corrected chi connectivity index (χ0v) is 61.2. The van der Waals surface area contributed by atoms with Crippen molar-refractivity contribution in [2.75, 3.05) is 107 Å². The Morgan fingerprint density at radius 2 is 0.913 bits per heavy atom. The number of carbonyl (C=O) groups excluding carboxylic acids is 4. The highest BCUT2D eigenvalue weighted by atomic mass is 31.2. The van der Waals surface area contributed by atoms with Gasteiger partial charge in [-0.3, -0.25) is 49.5 Å². The molecule has 7 aromatic rings. The van der Waals surface area contributed by atoms with Crippen LogP contribution in [0.5, 0.6) is 0 Å². The second-order valence-corrected chi connectivity index (χ2v) is 28.6. The quantitative estimate of drug-likeness (QED) is 0.0350. The molecule has 0 unspecified atom stereocenters. The summed E-state index contributed by atoms with van der Waals surface area (Å²) in [5.74, 6) is -0.456. The van der Waals surface area contributed by atoms with Crippen LogP contribution < -0.4 is 27.0 Å². The predicted molar refractivity (Wildman–Crippen MR) is 389 cm³/mol. The molecule has 31 heteroatoms. The molecule has 6 N–H and O–H groups in total. The number of aryl methyl sites for hydroxylation is 2. The van der Waals surface area contributed by atoms with Gasteiger partial charge in [0, 0.05) is 87.9 Å². The molecule has 0 bridgehead atoms. The van der Waals surface area contributed by atoms with Crippen LogP contribution in [0.1, 0.15) is 138 Å². The summed E-state index contributed by atoms with van der Waals surface area (Å²) in [5, 5.41) is 10.4. The maximum absolute atomic E-state index is 14.0. The normalized spacial score (nSPS) is 14.4. The van der Waals surface area contributed by atoms with Gasteiger partial charge in [0.05, 0.1) is 84.8 Å². The number of piperazine rings is 2. The molecule has 4 amide bonds. The topological polar surface area (TPSA) is 287 Å². The van der Waals surface area contributed by atoms with Crippen LogP contribution >= 0.6 is 7.60 Å². The Morgan fingerprint density at radius 1 is 0.510 bits per heavy atom. The summed E-state index contributed by atoms with van der Waals surface area (Å²) in [7, 11) is 0.755. The molecule has 24 nitrogen and oxygen atoms in total.